The predicted octanol–water partition coefficient (Wildman–Crippen LogP) is 4.30. The largest absolute Gasteiger partial charge is 0.466 e. The van der Waals surface area contributed by atoms with Crippen molar-refractivity contribution in [2.75, 3.05) is 6.61 Å². The monoisotopic (exact) mass is 389 g/mol. The van der Waals surface area contributed by atoms with E-state index < -0.39 is 0 Å². The van der Waals surface area contributed by atoms with E-state index in [0.29, 0.717) is 12.3 Å². The lowest BCUT2D eigenvalue weighted by Gasteiger charge is -2.05. The van der Waals surface area contributed by atoms with E-state index in [4.69, 9.17) is 16.3 Å². The first-order valence-electron chi connectivity index (χ1n) is 8.38. The fourth-order valence-electron chi connectivity index (χ4n) is 2.78. The van der Waals surface area contributed by atoms with Crippen molar-refractivity contribution < 1.29 is 9.53 Å². The molecular weight excluding hydrogens is 370 g/mol. The van der Waals surface area contributed by atoms with E-state index in [1.165, 1.54) is 11.3 Å². The van der Waals surface area contributed by atoms with Gasteiger partial charge in [0.05, 0.1) is 24.4 Å². The summed E-state index contributed by atoms with van der Waals surface area (Å²) in [5, 5.41) is 8.01. The zero-order chi connectivity index (χ0) is 18.7. The van der Waals surface area contributed by atoms with Gasteiger partial charge in [-0.2, -0.15) is 5.10 Å². The molecule has 3 rings (SSSR count). The highest BCUT2D eigenvalue weighted by atomic mass is 35.5. The average molecular weight is 390 g/mol. The summed E-state index contributed by atoms with van der Waals surface area (Å²) in [4.78, 5) is 16.2. The number of hydrogen-bond donors (Lipinski definition) is 0. The molecule has 0 N–H and O–H groups in total. The van der Waals surface area contributed by atoms with E-state index in [-0.39, 0.29) is 12.4 Å². The number of ether oxygens (including phenoxy) is 1. The molecule has 0 saturated heterocycles. The highest BCUT2D eigenvalue weighted by Gasteiger charge is 2.17. The molecule has 5 nitrogen and oxygen atoms in total. The summed E-state index contributed by atoms with van der Waals surface area (Å²) in [6, 6.07) is 7.84. The number of benzene rings is 1. The Hall–Kier alpha value is -2.18. The number of aromatic nitrogens is 3. The smallest absolute Gasteiger partial charge is 0.311 e. The number of esters is 1. The van der Waals surface area contributed by atoms with Crippen LogP contribution in [0.2, 0.25) is 5.02 Å². The summed E-state index contributed by atoms with van der Waals surface area (Å²) in [6.07, 6.45) is 0.897. The molecule has 0 amide bonds. The Morgan fingerprint density at radius 1 is 1.31 bits per heavy atom. The van der Waals surface area contributed by atoms with Crippen LogP contribution < -0.4 is 0 Å². The van der Waals surface area contributed by atoms with Crippen LogP contribution in [0.4, 0.5) is 0 Å². The van der Waals surface area contributed by atoms with Crippen molar-refractivity contribution >= 4 is 28.9 Å². The van der Waals surface area contributed by atoms with Gasteiger partial charge in [-0.15, -0.1) is 11.3 Å². The van der Waals surface area contributed by atoms with E-state index in [1.807, 2.05) is 48.2 Å². The number of aryl methyl sites for hydroxylation is 1. The van der Waals surface area contributed by atoms with Crippen molar-refractivity contribution in [2.45, 2.75) is 33.6 Å². The van der Waals surface area contributed by atoms with Gasteiger partial charge in [-0.25, -0.2) is 9.67 Å². The third-order valence-corrected chi connectivity index (χ3v) is 5.35. The number of rotatable bonds is 6. The number of carbonyl (C=O) groups excluding carboxylic acids is 1. The number of thiazole rings is 1. The lowest BCUT2D eigenvalue weighted by Crippen LogP contribution is -2.08. The minimum absolute atomic E-state index is 0.177. The lowest BCUT2D eigenvalue weighted by molar-refractivity contribution is -0.142. The maximum Gasteiger partial charge on any atom is 0.311 e. The Morgan fingerprint density at radius 2 is 2.08 bits per heavy atom. The van der Waals surface area contributed by atoms with Gasteiger partial charge in [-0.05, 0) is 32.4 Å². The van der Waals surface area contributed by atoms with Crippen molar-refractivity contribution in [1.82, 2.24) is 14.8 Å². The number of carbonyl (C=O) groups is 1. The lowest BCUT2D eigenvalue weighted by atomic mass is 10.0. The molecule has 0 saturated carbocycles. The third kappa shape index (κ3) is 3.97. The molecule has 26 heavy (non-hydrogen) atoms. The van der Waals surface area contributed by atoms with Crippen LogP contribution in [0.1, 0.15) is 35.1 Å². The number of halogens is 1. The summed E-state index contributed by atoms with van der Waals surface area (Å²) in [5.74, 6) is -0.267. The zero-order valence-electron chi connectivity index (χ0n) is 15.0. The first-order valence-corrected chi connectivity index (χ1v) is 9.64. The molecule has 0 aliphatic carbocycles. The van der Waals surface area contributed by atoms with Crippen LogP contribution in [0, 0.1) is 13.8 Å². The van der Waals surface area contributed by atoms with Crippen LogP contribution in [0.3, 0.4) is 0 Å². The van der Waals surface area contributed by atoms with Gasteiger partial charge in [-0.3, -0.25) is 4.79 Å². The summed E-state index contributed by atoms with van der Waals surface area (Å²) in [7, 11) is 0. The van der Waals surface area contributed by atoms with Gasteiger partial charge in [0.1, 0.15) is 0 Å². The Bertz CT molecular complexity index is 933. The average Bonchev–Trinajstić information content (AvgIpc) is 3.16. The van der Waals surface area contributed by atoms with Crippen LogP contribution in [-0.4, -0.2) is 27.3 Å². The molecule has 0 unspecified atom stereocenters. The second-order valence-electron chi connectivity index (χ2n) is 5.93. The molecule has 0 bridgehead atoms. The Labute approximate surface area is 161 Å². The molecule has 0 aliphatic rings. The number of nitrogens with zero attached hydrogens (tertiary/aromatic N) is 3. The quantitative estimate of drug-likeness (QED) is 0.590. The Kier molecular flexibility index (Phi) is 5.74. The van der Waals surface area contributed by atoms with Gasteiger partial charge in [0.2, 0.25) is 5.13 Å². The van der Waals surface area contributed by atoms with Gasteiger partial charge in [0.25, 0.3) is 0 Å². The fourth-order valence-corrected chi connectivity index (χ4v) is 3.81. The summed E-state index contributed by atoms with van der Waals surface area (Å²) < 4.78 is 6.81. The van der Waals surface area contributed by atoms with Crippen LogP contribution >= 0.6 is 22.9 Å². The van der Waals surface area contributed by atoms with Gasteiger partial charge < -0.3 is 4.74 Å². The molecule has 1 aromatic carbocycles. The minimum Gasteiger partial charge on any atom is -0.466 e. The molecule has 0 aliphatic heterocycles. The van der Waals surface area contributed by atoms with Crippen molar-refractivity contribution in [2.24, 2.45) is 0 Å². The normalized spacial score (nSPS) is 10.9. The molecule has 0 radical (unpaired) electrons. The van der Waals surface area contributed by atoms with Gasteiger partial charge in [0, 0.05) is 28.1 Å². The highest BCUT2D eigenvalue weighted by Crippen LogP contribution is 2.25. The molecule has 2 aromatic heterocycles. The van der Waals surface area contributed by atoms with E-state index in [1.54, 1.807) is 6.92 Å². The SMILES string of the molecule is CCOC(=O)Cc1csc(-n2nc(C)c(Cc3ccccc3Cl)c2C)n1. The number of hydrogen-bond acceptors (Lipinski definition) is 5. The van der Waals surface area contributed by atoms with E-state index in [0.717, 1.165) is 39.1 Å². The minimum atomic E-state index is -0.267. The maximum atomic E-state index is 11.6. The van der Waals surface area contributed by atoms with E-state index in [9.17, 15) is 4.79 Å². The molecule has 0 atom stereocenters. The van der Waals surface area contributed by atoms with Gasteiger partial charge >= 0.3 is 5.97 Å². The van der Waals surface area contributed by atoms with E-state index in [2.05, 4.69) is 10.1 Å². The zero-order valence-corrected chi connectivity index (χ0v) is 16.5. The summed E-state index contributed by atoms with van der Waals surface area (Å²) in [6.45, 7) is 6.18. The van der Waals surface area contributed by atoms with Crippen LogP contribution in [0.15, 0.2) is 29.6 Å². The standard InChI is InChI=1S/C19H20ClN3O2S/c1-4-25-18(24)10-15-11-26-19(21-15)23-13(3)16(12(2)22-23)9-14-7-5-6-8-17(14)20/h5-8,11H,4,9-10H2,1-3H3. The van der Waals surface area contributed by atoms with Crippen molar-refractivity contribution in [3.8, 4) is 5.13 Å². The summed E-state index contributed by atoms with van der Waals surface area (Å²) in [5.41, 5.74) is 4.88. The second kappa shape index (κ2) is 8.01. The third-order valence-electron chi connectivity index (χ3n) is 4.12. The molecule has 2 heterocycles. The topological polar surface area (TPSA) is 57.0 Å². The van der Waals surface area contributed by atoms with Crippen LogP contribution in [0.5, 0.6) is 0 Å². The molecule has 0 spiro atoms. The first-order chi connectivity index (χ1) is 12.5. The van der Waals surface area contributed by atoms with Crippen LogP contribution in [-0.2, 0) is 22.4 Å². The van der Waals surface area contributed by atoms with E-state index >= 15 is 0 Å². The van der Waals surface area contributed by atoms with Crippen molar-refractivity contribution in [3.05, 3.63) is 62.9 Å². The van der Waals surface area contributed by atoms with Gasteiger partial charge in [0.15, 0.2) is 0 Å². The summed E-state index contributed by atoms with van der Waals surface area (Å²) >= 11 is 7.76. The molecule has 0 fully saturated rings. The van der Waals surface area contributed by atoms with Crippen molar-refractivity contribution in [1.29, 1.82) is 0 Å². The predicted molar refractivity (Wildman–Crippen MR) is 103 cm³/mol. The first kappa shape index (κ1) is 18.6. The molecular formula is C19H20ClN3O2S. The molecule has 136 valence electrons. The second-order valence-corrected chi connectivity index (χ2v) is 7.18. The van der Waals surface area contributed by atoms with Gasteiger partial charge in [-0.1, -0.05) is 29.8 Å². The highest BCUT2D eigenvalue weighted by molar-refractivity contribution is 7.12. The van der Waals surface area contributed by atoms with Crippen molar-refractivity contribution in [3.63, 3.8) is 0 Å². The molecule has 3 aromatic rings. The Morgan fingerprint density at radius 3 is 2.81 bits per heavy atom. The fraction of sp³-hybridized carbons (Fsp3) is 0.316. The maximum absolute atomic E-state index is 11.6. The molecule has 7 heteroatoms. The van der Waals surface area contributed by atoms with Crippen LogP contribution in [0.25, 0.3) is 5.13 Å². The Balaban J connectivity index is 1.85.